The molecule has 2 fully saturated rings. The van der Waals surface area contributed by atoms with Gasteiger partial charge in [-0.15, -0.1) is 0 Å². The maximum Gasteiger partial charge on any atom is 0.321 e. The number of hydrogen-bond donors (Lipinski definition) is 1. The molecule has 3 aliphatic rings. The van der Waals surface area contributed by atoms with Crippen molar-refractivity contribution in [2.75, 3.05) is 24.4 Å². The molecule has 2 aromatic rings. The highest BCUT2D eigenvalue weighted by atomic mass is 16.5. The number of benzene rings is 1. The fraction of sp³-hybridized carbons (Fsp3) is 0.318. The van der Waals surface area contributed by atoms with Crippen molar-refractivity contribution in [1.82, 2.24) is 9.97 Å². The second-order valence-electron chi connectivity index (χ2n) is 7.80. The fourth-order valence-electron chi connectivity index (χ4n) is 4.77. The lowest BCUT2D eigenvalue weighted by Crippen LogP contribution is -2.32. The van der Waals surface area contributed by atoms with Gasteiger partial charge in [-0.1, -0.05) is 12.2 Å². The Kier molecular flexibility index (Phi) is 4.46. The summed E-state index contributed by atoms with van der Waals surface area (Å²) in [5, 5.41) is 2.66. The molecule has 1 aliphatic heterocycles. The number of fused-ring (bicyclic) bond motifs is 5. The predicted octanol–water partition coefficient (Wildman–Crippen LogP) is 2.06. The lowest BCUT2D eigenvalue weighted by Gasteiger charge is -2.17. The molecule has 158 valence electrons. The third-order valence-electron chi connectivity index (χ3n) is 6.17. The molecule has 4 atom stereocenters. The summed E-state index contributed by atoms with van der Waals surface area (Å²) in [7, 11) is 2.86. The highest BCUT2D eigenvalue weighted by Gasteiger charge is 2.59. The monoisotopic (exact) mass is 420 g/mol. The lowest BCUT2D eigenvalue weighted by molar-refractivity contribution is -0.123. The second kappa shape index (κ2) is 7.19. The van der Waals surface area contributed by atoms with Crippen molar-refractivity contribution in [2.24, 2.45) is 23.7 Å². The Hall–Kier alpha value is -3.75. The van der Waals surface area contributed by atoms with E-state index in [1.165, 1.54) is 25.2 Å². The molecular weight excluding hydrogens is 400 g/mol. The average molecular weight is 420 g/mol. The molecule has 2 aliphatic carbocycles. The number of ether oxygens (including phenoxy) is 2. The molecule has 5 rings (SSSR count). The molecule has 1 aromatic heterocycles. The van der Waals surface area contributed by atoms with Gasteiger partial charge in [0.25, 0.3) is 5.91 Å². The van der Waals surface area contributed by atoms with E-state index in [-0.39, 0.29) is 53.2 Å². The van der Waals surface area contributed by atoms with E-state index in [4.69, 9.17) is 9.47 Å². The molecule has 1 saturated carbocycles. The molecule has 1 N–H and O–H groups in total. The van der Waals surface area contributed by atoms with Crippen molar-refractivity contribution in [3.8, 4) is 11.9 Å². The van der Waals surface area contributed by atoms with Crippen molar-refractivity contribution in [2.45, 2.75) is 6.42 Å². The van der Waals surface area contributed by atoms with Crippen LogP contribution in [-0.4, -0.2) is 41.9 Å². The minimum absolute atomic E-state index is 0.0602. The van der Waals surface area contributed by atoms with Crippen molar-refractivity contribution >= 4 is 29.2 Å². The lowest BCUT2D eigenvalue weighted by atomic mass is 9.85. The van der Waals surface area contributed by atoms with E-state index in [2.05, 4.69) is 27.4 Å². The third kappa shape index (κ3) is 3.04. The zero-order valence-corrected chi connectivity index (χ0v) is 16.9. The topological polar surface area (TPSA) is 111 Å². The predicted molar refractivity (Wildman–Crippen MR) is 110 cm³/mol. The quantitative estimate of drug-likeness (QED) is 0.582. The molecule has 2 bridgehead atoms. The summed E-state index contributed by atoms with van der Waals surface area (Å²) in [5.74, 6) is -0.440. The summed E-state index contributed by atoms with van der Waals surface area (Å²) in [6, 6.07) is 7.90. The van der Waals surface area contributed by atoms with Crippen LogP contribution >= 0.6 is 0 Å². The molecule has 0 spiro atoms. The molecule has 3 amide bonds. The average Bonchev–Trinajstić information content (AvgIpc) is 3.47. The molecule has 31 heavy (non-hydrogen) atoms. The summed E-state index contributed by atoms with van der Waals surface area (Å²) in [6.07, 6.45) is 5.01. The van der Waals surface area contributed by atoms with Gasteiger partial charge in [0, 0.05) is 11.6 Å². The van der Waals surface area contributed by atoms with E-state index in [9.17, 15) is 14.4 Å². The summed E-state index contributed by atoms with van der Waals surface area (Å²) in [6.45, 7) is 0. The zero-order chi connectivity index (χ0) is 21.7. The zero-order valence-electron chi connectivity index (χ0n) is 16.9. The summed E-state index contributed by atoms with van der Waals surface area (Å²) in [5.41, 5.74) is 0.826. The second-order valence-corrected chi connectivity index (χ2v) is 7.80. The van der Waals surface area contributed by atoms with Crippen molar-refractivity contribution in [1.29, 1.82) is 0 Å². The Bertz CT molecular complexity index is 1060. The van der Waals surface area contributed by atoms with E-state index in [0.717, 1.165) is 6.42 Å². The molecular formula is C22H20N4O5. The van der Waals surface area contributed by atoms with Gasteiger partial charge in [-0.05, 0) is 42.5 Å². The minimum Gasteiger partial charge on any atom is -0.481 e. The Morgan fingerprint density at radius 1 is 1.00 bits per heavy atom. The van der Waals surface area contributed by atoms with Gasteiger partial charge in [0.1, 0.15) is 5.82 Å². The first-order valence-corrected chi connectivity index (χ1v) is 9.94. The number of hydrogen-bond acceptors (Lipinski definition) is 7. The highest BCUT2D eigenvalue weighted by Crippen LogP contribution is 2.53. The van der Waals surface area contributed by atoms with E-state index >= 15 is 0 Å². The van der Waals surface area contributed by atoms with Crippen LogP contribution in [0.3, 0.4) is 0 Å². The first kappa shape index (κ1) is 19.2. The molecule has 9 nitrogen and oxygen atoms in total. The Morgan fingerprint density at radius 2 is 1.65 bits per heavy atom. The van der Waals surface area contributed by atoms with E-state index in [1.807, 2.05) is 0 Å². The van der Waals surface area contributed by atoms with Crippen LogP contribution in [0.2, 0.25) is 0 Å². The SMILES string of the molecule is COc1cc(NC(=O)c2ccc(N3C(=O)C4C5C=CC(C5)C4C3=O)cc2)nc(OC)n1. The first-order chi connectivity index (χ1) is 15.0. The number of imide groups is 1. The number of methoxy groups -OCH3 is 2. The number of carbonyl (C=O) groups excluding carboxylic acids is 3. The number of rotatable bonds is 5. The number of carbonyl (C=O) groups is 3. The summed E-state index contributed by atoms with van der Waals surface area (Å²) in [4.78, 5) is 47.8. The van der Waals surface area contributed by atoms with Gasteiger partial charge in [0.2, 0.25) is 17.7 Å². The number of allylic oxidation sites excluding steroid dienone is 2. The van der Waals surface area contributed by atoms with Gasteiger partial charge in [0.05, 0.1) is 31.7 Å². The van der Waals surface area contributed by atoms with E-state index < -0.39 is 5.91 Å². The summed E-state index contributed by atoms with van der Waals surface area (Å²) < 4.78 is 10.1. The van der Waals surface area contributed by atoms with Crippen molar-refractivity contribution < 1.29 is 23.9 Å². The number of nitrogens with zero attached hydrogens (tertiary/aromatic N) is 3. The molecule has 2 heterocycles. The molecule has 9 heteroatoms. The molecule has 4 unspecified atom stereocenters. The largest absolute Gasteiger partial charge is 0.481 e. The van der Waals surface area contributed by atoms with Crippen molar-refractivity contribution in [3.05, 3.63) is 48.0 Å². The standard InChI is InChI=1S/C22H20N4O5/c1-30-16-10-15(24-22(25-16)31-2)23-19(27)11-5-7-14(8-6-11)26-20(28)17-12-3-4-13(9-12)18(17)21(26)29/h3-8,10,12-13,17-18H,9H2,1-2H3,(H,23,24,25,27). The van der Waals surface area contributed by atoms with Gasteiger partial charge in [0.15, 0.2) is 0 Å². The van der Waals surface area contributed by atoms with Gasteiger partial charge in [-0.2, -0.15) is 9.97 Å². The maximum absolute atomic E-state index is 12.9. The molecule has 0 radical (unpaired) electrons. The normalized spacial score (nSPS) is 25.7. The van der Waals surface area contributed by atoms with Crippen LogP contribution in [0.5, 0.6) is 11.9 Å². The number of aromatic nitrogens is 2. The van der Waals surface area contributed by atoms with Crippen molar-refractivity contribution in [3.63, 3.8) is 0 Å². The van der Waals surface area contributed by atoms with Gasteiger partial charge < -0.3 is 14.8 Å². The molecule has 1 saturated heterocycles. The van der Waals surface area contributed by atoms with Crippen LogP contribution in [0.15, 0.2) is 42.5 Å². The number of anilines is 2. The third-order valence-corrected chi connectivity index (χ3v) is 6.17. The Balaban J connectivity index is 1.33. The van der Waals surface area contributed by atoms with Crippen LogP contribution in [-0.2, 0) is 9.59 Å². The van der Waals surface area contributed by atoms with Crippen LogP contribution in [0, 0.1) is 23.7 Å². The highest BCUT2D eigenvalue weighted by molar-refractivity contribution is 6.23. The van der Waals surface area contributed by atoms with E-state index in [0.29, 0.717) is 11.3 Å². The van der Waals surface area contributed by atoms with Gasteiger partial charge in [-0.3, -0.25) is 19.3 Å². The van der Waals surface area contributed by atoms with Crippen LogP contribution in [0.25, 0.3) is 0 Å². The molecule has 1 aromatic carbocycles. The fourth-order valence-corrected chi connectivity index (χ4v) is 4.77. The van der Waals surface area contributed by atoms with Crippen LogP contribution in [0.1, 0.15) is 16.8 Å². The van der Waals surface area contributed by atoms with E-state index in [1.54, 1.807) is 24.3 Å². The smallest absolute Gasteiger partial charge is 0.321 e. The summed E-state index contributed by atoms with van der Waals surface area (Å²) >= 11 is 0. The first-order valence-electron chi connectivity index (χ1n) is 9.94. The number of nitrogens with one attached hydrogen (secondary N) is 1. The van der Waals surface area contributed by atoms with Crippen LogP contribution < -0.4 is 19.7 Å². The van der Waals surface area contributed by atoms with Crippen LogP contribution in [0.4, 0.5) is 11.5 Å². The van der Waals surface area contributed by atoms with Gasteiger partial charge in [-0.25, -0.2) is 0 Å². The maximum atomic E-state index is 12.9. The Morgan fingerprint density at radius 3 is 2.23 bits per heavy atom. The minimum atomic E-state index is -0.410. The Labute approximate surface area is 178 Å². The van der Waals surface area contributed by atoms with Gasteiger partial charge >= 0.3 is 6.01 Å². The number of amides is 3.